The Kier molecular flexibility index (Phi) is 6.93. The average Bonchev–Trinajstić information content (AvgIpc) is 3.03. The van der Waals surface area contributed by atoms with E-state index < -0.39 is 17.2 Å². The molecule has 0 fully saturated rings. The van der Waals surface area contributed by atoms with E-state index >= 15 is 0 Å². The average molecular weight is 396 g/mol. The van der Waals surface area contributed by atoms with Gasteiger partial charge in [0.2, 0.25) is 5.91 Å². The summed E-state index contributed by atoms with van der Waals surface area (Å²) in [6.45, 7) is 7.10. The summed E-state index contributed by atoms with van der Waals surface area (Å²) in [6.07, 6.45) is -2.56. The van der Waals surface area contributed by atoms with Crippen LogP contribution in [0, 0.1) is 5.41 Å². The molecule has 28 heavy (non-hydrogen) atoms. The molecule has 2 rings (SSSR count). The zero-order chi connectivity index (χ0) is 20.9. The van der Waals surface area contributed by atoms with Crippen LogP contribution in [0.4, 0.5) is 13.2 Å². The van der Waals surface area contributed by atoms with Crippen molar-refractivity contribution in [2.75, 3.05) is 20.3 Å². The van der Waals surface area contributed by atoms with Crippen LogP contribution in [0.5, 0.6) is 0 Å². The Morgan fingerprint density at radius 2 is 1.86 bits per heavy atom. The second kappa shape index (κ2) is 8.82. The molecule has 0 N–H and O–H groups in total. The van der Waals surface area contributed by atoms with Crippen molar-refractivity contribution in [3.63, 3.8) is 0 Å². The Morgan fingerprint density at radius 1 is 1.14 bits per heavy atom. The molecule has 0 radical (unpaired) electrons. The number of hydrogen-bond donors (Lipinski definition) is 0. The molecule has 0 atom stereocenters. The molecule has 0 aliphatic rings. The van der Waals surface area contributed by atoms with E-state index in [0.717, 1.165) is 17.8 Å². The van der Waals surface area contributed by atoms with E-state index in [1.165, 1.54) is 6.07 Å². The Morgan fingerprint density at radius 3 is 2.46 bits per heavy atom. The van der Waals surface area contributed by atoms with E-state index in [-0.39, 0.29) is 5.91 Å². The smallest absolute Gasteiger partial charge is 0.383 e. The van der Waals surface area contributed by atoms with E-state index in [4.69, 9.17) is 4.74 Å². The van der Waals surface area contributed by atoms with Crippen LogP contribution in [-0.2, 0) is 28.8 Å². The summed E-state index contributed by atoms with van der Waals surface area (Å²) in [6, 6.07) is 9.01. The highest BCUT2D eigenvalue weighted by molar-refractivity contribution is 5.81. The fourth-order valence-electron chi connectivity index (χ4n) is 2.91. The maximum absolute atomic E-state index is 13.0. The number of rotatable bonds is 7. The Hall–Kier alpha value is -2.28. The first kappa shape index (κ1) is 22.0. The third-order valence-corrected chi connectivity index (χ3v) is 4.38. The van der Waals surface area contributed by atoms with Gasteiger partial charge in [0.1, 0.15) is 0 Å². The summed E-state index contributed by atoms with van der Waals surface area (Å²) in [5.74, 6) is -0.00336. The van der Waals surface area contributed by atoms with Gasteiger partial charge < -0.3 is 14.2 Å². The van der Waals surface area contributed by atoms with Crippen molar-refractivity contribution in [1.29, 1.82) is 0 Å². The zero-order valence-electron chi connectivity index (χ0n) is 16.7. The highest BCUT2D eigenvalue weighted by atomic mass is 19.4. The number of carbonyl (C=O) groups is 1. The largest absolute Gasteiger partial charge is 0.416 e. The molecule has 7 heteroatoms. The number of hydrogen-bond acceptors (Lipinski definition) is 2. The van der Waals surface area contributed by atoms with Crippen LogP contribution >= 0.6 is 0 Å². The van der Waals surface area contributed by atoms with Crippen molar-refractivity contribution in [3.8, 4) is 0 Å². The normalized spacial score (nSPS) is 12.2. The van der Waals surface area contributed by atoms with Crippen molar-refractivity contribution in [2.45, 2.75) is 40.0 Å². The van der Waals surface area contributed by atoms with Crippen LogP contribution in [0.3, 0.4) is 0 Å². The fourth-order valence-corrected chi connectivity index (χ4v) is 2.91. The van der Waals surface area contributed by atoms with Crippen molar-refractivity contribution in [3.05, 3.63) is 59.4 Å². The standard InChI is InChI=1S/C21H27F3N2O2/c1-20(2,3)19(27)26(11-12-28-4)15-18-9-6-10-25(18)14-16-7-5-8-17(13-16)21(22,23)24/h5-10,13H,11-12,14-15H2,1-4H3. The first-order chi connectivity index (χ1) is 13.0. The number of ether oxygens (including phenoxy) is 1. The van der Waals surface area contributed by atoms with Gasteiger partial charge in [0, 0.05) is 37.5 Å². The van der Waals surface area contributed by atoms with Gasteiger partial charge in [-0.25, -0.2) is 0 Å². The molecule has 0 bridgehead atoms. The zero-order valence-corrected chi connectivity index (χ0v) is 16.7. The number of benzene rings is 1. The van der Waals surface area contributed by atoms with E-state index in [1.807, 2.05) is 43.7 Å². The quantitative estimate of drug-likeness (QED) is 0.687. The third kappa shape index (κ3) is 5.86. The molecule has 154 valence electrons. The fraction of sp³-hybridized carbons (Fsp3) is 0.476. The summed E-state index contributed by atoms with van der Waals surface area (Å²) in [7, 11) is 1.58. The van der Waals surface area contributed by atoms with Gasteiger partial charge in [-0.1, -0.05) is 32.9 Å². The van der Waals surface area contributed by atoms with Crippen molar-refractivity contribution in [1.82, 2.24) is 9.47 Å². The topological polar surface area (TPSA) is 34.5 Å². The summed E-state index contributed by atoms with van der Waals surface area (Å²) < 4.78 is 45.8. The molecule has 0 saturated carbocycles. The summed E-state index contributed by atoms with van der Waals surface area (Å²) in [5, 5.41) is 0. The van der Waals surface area contributed by atoms with Gasteiger partial charge in [-0.05, 0) is 29.8 Å². The molecule has 1 heterocycles. The summed E-state index contributed by atoms with van der Waals surface area (Å²) in [5.41, 5.74) is 0.207. The maximum Gasteiger partial charge on any atom is 0.416 e. The van der Waals surface area contributed by atoms with E-state index in [0.29, 0.717) is 31.8 Å². The van der Waals surface area contributed by atoms with Gasteiger partial charge >= 0.3 is 6.18 Å². The molecule has 1 aromatic carbocycles. The number of amides is 1. The van der Waals surface area contributed by atoms with Gasteiger partial charge in [0.25, 0.3) is 0 Å². The highest BCUT2D eigenvalue weighted by Gasteiger charge is 2.30. The number of aromatic nitrogens is 1. The minimum atomic E-state index is -4.37. The van der Waals surface area contributed by atoms with Crippen LogP contribution in [0.25, 0.3) is 0 Å². The van der Waals surface area contributed by atoms with Gasteiger partial charge in [-0.2, -0.15) is 13.2 Å². The van der Waals surface area contributed by atoms with Gasteiger partial charge in [-0.15, -0.1) is 0 Å². The van der Waals surface area contributed by atoms with Crippen molar-refractivity contribution in [2.24, 2.45) is 5.41 Å². The molecule has 1 aromatic heterocycles. The second-order valence-corrected chi connectivity index (χ2v) is 7.80. The van der Waals surface area contributed by atoms with Crippen LogP contribution in [-0.4, -0.2) is 35.6 Å². The lowest BCUT2D eigenvalue weighted by Gasteiger charge is -2.29. The van der Waals surface area contributed by atoms with E-state index in [1.54, 1.807) is 18.1 Å². The molecule has 0 spiro atoms. The summed E-state index contributed by atoms with van der Waals surface area (Å²) >= 11 is 0. The number of alkyl halides is 3. The molecule has 4 nitrogen and oxygen atoms in total. The lowest BCUT2D eigenvalue weighted by atomic mass is 9.94. The SMILES string of the molecule is COCCN(Cc1cccn1Cc1cccc(C(F)(F)F)c1)C(=O)C(C)(C)C. The minimum Gasteiger partial charge on any atom is -0.383 e. The monoisotopic (exact) mass is 396 g/mol. The molecule has 0 aliphatic carbocycles. The van der Waals surface area contributed by atoms with Crippen molar-refractivity contribution < 1.29 is 22.7 Å². The maximum atomic E-state index is 13.0. The Balaban J connectivity index is 2.21. The van der Waals surface area contributed by atoms with E-state index in [9.17, 15) is 18.0 Å². The Bertz CT molecular complexity index is 791. The van der Waals surface area contributed by atoms with E-state index in [2.05, 4.69) is 0 Å². The molecule has 0 aliphatic heterocycles. The van der Waals surface area contributed by atoms with Gasteiger partial charge in [-0.3, -0.25) is 4.79 Å². The van der Waals surface area contributed by atoms with Crippen LogP contribution in [0.15, 0.2) is 42.6 Å². The first-order valence-corrected chi connectivity index (χ1v) is 9.11. The van der Waals surface area contributed by atoms with Crippen LogP contribution in [0.1, 0.15) is 37.6 Å². The highest BCUT2D eigenvalue weighted by Crippen LogP contribution is 2.29. The number of methoxy groups -OCH3 is 1. The molecule has 0 unspecified atom stereocenters. The van der Waals surface area contributed by atoms with Gasteiger partial charge in [0.05, 0.1) is 18.7 Å². The minimum absolute atomic E-state index is 0.00336. The predicted molar refractivity (Wildman–Crippen MR) is 102 cm³/mol. The third-order valence-electron chi connectivity index (χ3n) is 4.38. The number of halogens is 3. The number of carbonyl (C=O) groups excluding carboxylic acids is 1. The first-order valence-electron chi connectivity index (χ1n) is 9.11. The van der Waals surface area contributed by atoms with Crippen molar-refractivity contribution >= 4 is 5.91 Å². The molecule has 2 aromatic rings. The van der Waals surface area contributed by atoms with Crippen LogP contribution in [0.2, 0.25) is 0 Å². The molecule has 0 saturated heterocycles. The van der Waals surface area contributed by atoms with Crippen LogP contribution < -0.4 is 0 Å². The summed E-state index contributed by atoms with van der Waals surface area (Å²) in [4.78, 5) is 14.5. The molecular weight excluding hydrogens is 369 g/mol. The lowest BCUT2D eigenvalue weighted by molar-refractivity contribution is -0.141. The second-order valence-electron chi connectivity index (χ2n) is 7.80. The van der Waals surface area contributed by atoms with Gasteiger partial charge in [0.15, 0.2) is 0 Å². The molecule has 1 amide bonds. The Labute approximate surface area is 163 Å². The molecular formula is C21H27F3N2O2. The lowest BCUT2D eigenvalue weighted by Crippen LogP contribution is -2.41. The number of nitrogens with zero attached hydrogens (tertiary/aromatic N) is 2. The predicted octanol–water partition coefficient (Wildman–Crippen LogP) is 4.58.